The van der Waals surface area contributed by atoms with E-state index in [1.807, 2.05) is 53.7 Å². The van der Waals surface area contributed by atoms with Crippen LogP contribution in [-0.4, -0.2) is 11.6 Å². The maximum atomic E-state index is 12.0. The molecule has 1 rings (SSSR count). The zero-order valence-corrected chi connectivity index (χ0v) is 12.1. The van der Waals surface area contributed by atoms with E-state index in [-0.39, 0.29) is 5.97 Å². The molecule has 0 aliphatic heterocycles. The number of rotatable bonds is 2. The Morgan fingerprint density at radius 1 is 1.17 bits per heavy atom. The molecule has 18 heavy (non-hydrogen) atoms. The van der Waals surface area contributed by atoms with Crippen LogP contribution in [-0.2, 0) is 9.53 Å². The largest absolute Gasteiger partial charge is 0.459 e. The first-order valence-electron chi connectivity index (χ1n) is 6.18. The van der Waals surface area contributed by atoms with E-state index in [2.05, 4.69) is 0 Å². The van der Waals surface area contributed by atoms with Gasteiger partial charge in [0.15, 0.2) is 0 Å². The summed E-state index contributed by atoms with van der Waals surface area (Å²) in [4.78, 5) is 12.0. The first-order valence-corrected chi connectivity index (χ1v) is 6.18. The van der Waals surface area contributed by atoms with Gasteiger partial charge < -0.3 is 10.5 Å². The third-order valence-corrected chi connectivity index (χ3v) is 2.71. The van der Waals surface area contributed by atoms with E-state index >= 15 is 0 Å². The molecule has 0 bridgehead atoms. The van der Waals surface area contributed by atoms with Crippen LogP contribution >= 0.6 is 0 Å². The van der Waals surface area contributed by atoms with Gasteiger partial charge in [0.1, 0.15) is 11.6 Å². The summed E-state index contributed by atoms with van der Waals surface area (Å²) in [6, 6.07) is 3.35. The summed E-state index contributed by atoms with van der Waals surface area (Å²) in [5, 5.41) is 0. The second kappa shape index (κ2) is 5.11. The second-order valence-electron chi connectivity index (χ2n) is 5.82. The number of benzene rings is 1. The molecule has 0 aliphatic rings. The van der Waals surface area contributed by atoms with Crippen LogP contribution in [0.2, 0.25) is 0 Å². The Balaban J connectivity index is 3.04. The Kier molecular flexibility index (Phi) is 4.17. The summed E-state index contributed by atoms with van der Waals surface area (Å²) in [5.74, 6) is -0.377. The van der Waals surface area contributed by atoms with Gasteiger partial charge in [-0.15, -0.1) is 0 Å². The van der Waals surface area contributed by atoms with Gasteiger partial charge in [0, 0.05) is 0 Å². The van der Waals surface area contributed by atoms with Crippen molar-refractivity contribution < 1.29 is 9.53 Å². The number of hydrogen-bond acceptors (Lipinski definition) is 3. The first-order chi connectivity index (χ1) is 8.11. The molecule has 0 fully saturated rings. The van der Waals surface area contributed by atoms with Crippen LogP contribution in [0.25, 0.3) is 0 Å². The van der Waals surface area contributed by atoms with E-state index in [1.165, 1.54) is 5.56 Å². The minimum atomic E-state index is -0.718. The van der Waals surface area contributed by atoms with Gasteiger partial charge in [-0.3, -0.25) is 0 Å². The van der Waals surface area contributed by atoms with Gasteiger partial charge in [-0.1, -0.05) is 17.7 Å². The van der Waals surface area contributed by atoms with Crippen LogP contribution in [0.3, 0.4) is 0 Å². The van der Waals surface area contributed by atoms with Crippen molar-refractivity contribution in [2.75, 3.05) is 0 Å². The molecule has 3 nitrogen and oxygen atoms in total. The van der Waals surface area contributed by atoms with Gasteiger partial charge >= 0.3 is 5.97 Å². The molecule has 2 N–H and O–H groups in total. The molecule has 3 heteroatoms. The predicted molar refractivity (Wildman–Crippen MR) is 73.4 cm³/mol. The summed E-state index contributed by atoms with van der Waals surface area (Å²) < 4.78 is 5.33. The lowest BCUT2D eigenvalue weighted by atomic mass is 9.94. The predicted octanol–water partition coefficient (Wildman–Crippen LogP) is 2.95. The summed E-state index contributed by atoms with van der Waals surface area (Å²) in [6.45, 7) is 11.5. The molecule has 100 valence electrons. The molecular formula is C15H23NO2. The third-order valence-electron chi connectivity index (χ3n) is 2.71. The van der Waals surface area contributed by atoms with E-state index < -0.39 is 11.6 Å². The van der Waals surface area contributed by atoms with Crippen LogP contribution < -0.4 is 5.73 Å². The molecule has 1 aromatic carbocycles. The number of esters is 1. The highest BCUT2D eigenvalue weighted by molar-refractivity contribution is 5.79. The summed E-state index contributed by atoms with van der Waals surface area (Å²) in [5.41, 5.74) is 9.62. The summed E-state index contributed by atoms with van der Waals surface area (Å²) in [6.07, 6.45) is 0. The molecule has 0 saturated carbocycles. The maximum Gasteiger partial charge on any atom is 0.328 e. The fourth-order valence-corrected chi connectivity index (χ4v) is 2.16. The van der Waals surface area contributed by atoms with Crippen molar-refractivity contribution >= 4 is 5.97 Å². The van der Waals surface area contributed by atoms with E-state index in [0.29, 0.717) is 0 Å². The normalized spacial score (nSPS) is 13.3. The summed E-state index contributed by atoms with van der Waals surface area (Å²) in [7, 11) is 0. The average Bonchev–Trinajstić information content (AvgIpc) is 2.12. The van der Waals surface area contributed by atoms with Crippen molar-refractivity contribution in [1.82, 2.24) is 0 Å². The van der Waals surface area contributed by atoms with Crippen molar-refractivity contribution in [3.8, 4) is 0 Å². The highest BCUT2D eigenvalue weighted by atomic mass is 16.6. The standard InChI is InChI=1S/C15H23NO2/c1-9-7-10(2)12(11(3)8-9)13(16)14(17)18-15(4,5)6/h7-8,13H,16H2,1-6H3. The van der Waals surface area contributed by atoms with E-state index in [1.54, 1.807) is 0 Å². The Morgan fingerprint density at radius 3 is 2.00 bits per heavy atom. The average molecular weight is 249 g/mol. The number of hydrogen-bond donors (Lipinski definition) is 1. The number of nitrogens with two attached hydrogens (primary N) is 1. The smallest absolute Gasteiger partial charge is 0.328 e. The lowest BCUT2D eigenvalue weighted by molar-refractivity contribution is -0.156. The fraction of sp³-hybridized carbons (Fsp3) is 0.533. The SMILES string of the molecule is Cc1cc(C)c(C(N)C(=O)OC(C)(C)C)c(C)c1. The number of carbonyl (C=O) groups is 1. The third kappa shape index (κ3) is 3.57. The molecule has 1 aromatic rings. The highest BCUT2D eigenvalue weighted by Gasteiger charge is 2.25. The van der Waals surface area contributed by atoms with Crippen molar-refractivity contribution in [3.05, 3.63) is 34.4 Å². The molecule has 0 amide bonds. The fourth-order valence-electron chi connectivity index (χ4n) is 2.16. The number of carbonyl (C=O) groups excluding carboxylic acids is 1. The molecule has 0 radical (unpaired) electrons. The van der Waals surface area contributed by atoms with Gasteiger partial charge in [0.05, 0.1) is 0 Å². The van der Waals surface area contributed by atoms with Crippen LogP contribution in [0, 0.1) is 20.8 Å². The monoisotopic (exact) mass is 249 g/mol. The lowest BCUT2D eigenvalue weighted by Gasteiger charge is -2.24. The van der Waals surface area contributed by atoms with Crippen LogP contribution in [0.5, 0.6) is 0 Å². The van der Waals surface area contributed by atoms with Crippen molar-refractivity contribution in [1.29, 1.82) is 0 Å². The second-order valence-corrected chi connectivity index (χ2v) is 5.82. The van der Waals surface area contributed by atoms with Gasteiger partial charge in [0.2, 0.25) is 0 Å². The minimum Gasteiger partial charge on any atom is -0.459 e. The van der Waals surface area contributed by atoms with Gasteiger partial charge in [-0.2, -0.15) is 0 Å². The molecule has 0 spiro atoms. The van der Waals surface area contributed by atoms with E-state index in [0.717, 1.165) is 16.7 Å². The van der Waals surface area contributed by atoms with Crippen LogP contribution in [0.1, 0.15) is 49.1 Å². The molecular weight excluding hydrogens is 226 g/mol. The van der Waals surface area contributed by atoms with Crippen LogP contribution in [0.4, 0.5) is 0 Å². The Morgan fingerprint density at radius 2 is 1.61 bits per heavy atom. The lowest BCUT2D eigenvalue weighted by Crippen LogP contribution is -2.32. The van der Waals surface area contributed by atoms with Gasteiger partial charge in [-0.05, 0) is 58.2 Å². The van der Waals surface area contributed by atoms with Crippen molar-refractivity contribution in [2.45, 2.75) is 53.2 Å². The minimum absolute atomic E-state index is 0.377. The zero-order chi connectivity index (χ0) is 14.1. The van der Waals surface area contributed by atoms with Crippen molar-refractivity contribution in [2.24, 2.45) is 5.73 Å². The molecule has 1 atom stereocenters. The molecule has 0 aromatic heterocycles. The summed E-state index contributed by atoms with van der Waals surface area (Å²) >= 11 is 0. The molecule has 0 heterocycles. The van der Waals surface area contributed by atoms with Gasteiger partial charge in [-0.25, -0.2) is 4.79 Å². The molecule has 0 aliphatic carbocycles. The van der Waals surface area contributed by atoms with Crippen molar-refractivity contribution in [3.63, 3.8) is 0 Å². The first kappa shape index (κ1) is 14.7. The zero-order valence-electron chi connectivity index (χ0n) is 12.1. The molecule has 1 unspecified atom stereocenters. The van der Waals surface area contributed by atoms with Crippen LogP contribution in [0.15, 0.2) is 12.1 Å². The number of aryl methyl sites for hydroxylation is 3. The maximum absolute atomic E-state index is 12.0. The Labute approximate surface area is 109 Å². The molecule has 0 saturated heterocycles. The topological polar surface area (TPSA) is 52.3 Å². The Hall–Kier alpha value is -1.35. The Bertz CT molecular complexity index is 435. The quantitative estimate of drug-likeness (QED) is 0.820. The highest BCUT2D eigenvalue weighted by Crippen LogP contribution is 2.24. The number of ether oxygens (including phenoxy) is 1. The van der Waals surface area contributed by atoms with Gasteiger partial charge in [0.25, 0.3) is 0 Å². The van der Waals surface area contributed by atoms with E-state index in [9.17, 15) is 4.79 Å². The van der Waals surface area contributed by atoms with E-state index in [4.69, 9.17) is 10.5 Å².